The third-order valence-corrected chi connectivity index (χ3v) is 5.47. The molecule has 134 valence electrons. The van der Waals surface area contributed by atoms with Gasteiger partial charge in [-0.15, -0.1) is 11.3 Å². The zero-order chi connectivity index (χ0) is 18.3. The Morgan fingerprint density at radius 3 is 2.73 bits per heavy atom. The van der Waals surface area contributed by atoms with Crippen molar-refractivity contribution in [2.24, 2.45) is 0 Å². The van der Waals surface area contributed by atoms with Crippen molar-refractivity contribution in [3.63, 3.8) is 0 Å². The number of amides is 1. The lowest BCUT2D eigenvalue weighted by molar-refractivity contribution is 0.102. The number of carbonyl (C=O) groups excluding carboxylic acids is 1. The summed E-state index contributed by atoms with van der Waals surface area (Å²) < 4.78 is 7.64. The van der Waals surface area contributed by atoms with Gasteiger partial charge in [-0.2, -0.15) is 0 Å². The van der Waals surface area contributed by atoms with E-state index in [9.17, 15) is 9.59 Å². The third kappa shape index (κ3) is 2.99. The summed E-state index contributed by atoms with van der Waals surface area (Å²) in [4.78, 5) is 30.6. The van der Waals surface area contributed by atoms with Crippen LogP contribution in [-0.2, 0) is 0 Å². The molecule has 7 heteroatoms. The van der Waals surface area contributed by atoms with Gasteiger partial charge in [-0.25, -0.2) is 4.98 Å². The van der Waals surface area contributed by atoms with Crippen LogP contribution in [-0.4, -0.2) is 22.1 Å². The molecule has 0 atom stereocenters. The number of benzene rings is 1. The van der Waals surface area contributed by atoms with Crippen molar-refractivity contribution in [2.45, 2.75) is 32.7 Å². The summed E-state index contributed by atoms with van der Waals surface area (Å²) in [6.45, 7) is 4.36. The molecule has 0 aliphatic heterocycles. The fraction of sp³-hybridized carbons (Fsp3) is 0.316. The average molecular weight is 369 g/mol. The summed E-state index contributed by atoms with van der Waals surface area (Å²) in [5, 5.41) is 2.88. The number of anilines is 1. The summed E-state index contributed by atoms with van der Waals surface area (Å²) in [5.74, 6) is 0.499. The van der Waals surface area contributed by atoms with Crippen LogP contribution in [0, 0.1) is 6.92 Å². The van der Waals surface area contributed by atoms with Crippen molar-refractivity contribution in [1.82, 2.24) is 9.55 Å². The van der Waals surface area contributed by atoms with E-state index in [0.717, 1.165) is 23.5 Å². The predicted octanol–water partition coefficient (Wildman–Crippen LogP) is 3.75. The number of nitrogens with zero attached hydrogens (tertiary/aromatic N) is 2. The SMILES string of the molecule is CCOc1ccc(NC(=O)c2c(C)sc3c(=O)n(C4CC4)cnc23)cc1. The Balaban J connectivity index is 1.65. The van der Waals surface area contributed by atoms with E-state index in [4.69, 9.17) is 4.74 Å². The standard InChI is InChI=1S/C19H19N3O3S/c1-3-25-14-8-4-12(5-9-14)21-18(23)15-11(2)26-17-16(15)20-10-22(19(17)24)13-6-7-13/h4-5,8-10,13H,3,6-7H2,1-2H3,(H,21,23). The Hall–Kier alpha value is -2.67. The highest BCUT2D eigenvalue weighted by Gasteiger charge is 2.27. The molecule has 1 amide bonds. The van der Waals surface area contributed by atoms with Crippen LogP contribution < -0.4 is 15.6 Å². The monoisotopic (exact) mass is 369 g/mol. The highest BCUT2D eigenvalue weighted by Crippen LogP contribution is 2.34. The van der Waals surface area contributed by atoms with Gasteiger partial charge < -0.3 is 10.1 Å². The number of nitrogens with one attached hydrogen (secondary N) is 1. The fourth-order valence-corrected chi connectivity index (χ4v) is 4.01. The van der Waals surface area contributed by atoms with E-state index in [1.165, 1.54) is 11.3 Å². The van der Waals surface area contributed by atoms with Crippen LogP contribution in [0.4, 0.5) is 5.69 Å². The van der Waals surface area contributed by atoms with Crippen LogP contribution in [0.25, 0.3) is 10.2 Å². The molecule has 3 aromatic rings. The van der Waals surface area contributed by atoms with Gasteiger partial charge in [0.25, 0.3) is 11.5 Å². The third-order valence-electron chi connectivity index (χ3n) is 4.39. The van der Waals surface area contributed by atoms with Crippen LogP contribution in [0.5, 0.6) is 5.75 Å². The van der Waals surface area contributed by atoms with Gasteiger partial charge in [0, 0.05) is 16.6 Å². The summed E-state index contributed by atoms with van der Waals surface area (Å²) >= 11 is 1.34. The molecule has 1 N–H and O–H groups in total. The maximum absolute atomic E-state index is 12.8. The molecule has 6 nitrogen and oxygen atoms in total. The zero-order valence-corrected chi connectivity index (χ0v) is 15.4. The Labute approximate surface area is 154 Å². The lowest BCUT2D eigenvalue weighted by Crippen LogP contribution is -2.19. The van der Waals surface area contributed by atoms with Crippen molar-refractivity contribution < 1.29 is 9.53 Å². The van der Waals surface area contributed by atoms with Crippen molar-refractivity contribution in [1.29, 1.82) is 0 Å². The molecule has 0 saturated heterocycles. The Morgan fingerprint density at radius 2 is 2.08 bits per heavy atom. The van der Waals surface area contributed by atoms with Gasteiger partial charge >= 0.3 is 0 Å². The number of ether oxygens (including phenoxy) is 1. The molecule has 4 rings (SSSR count). The van der Waals surface area contributed by atoms with Gasteiger partial charge in [0.2, 0.25) is 0 Å². The van der Waals surface area contributed by atoms with Gasteiger partial charge in [-0.1, -0.05) is 0 Å². The molecular weight excluding hydrogens is 350 g/mol. The number of carbonyl (C=O) groups is 1. The van der Waals surface area contributed by atoms with Gasteiger partial charge in [0.1, 0.15) is 16.0 Å². The van der Waals surface area contributed by atoms with E-state index in [0.29, 0.717) is 28.1 Å². The molecule has 0 bridgehead atoms. The molecule has 2 heterocycles. The molecule has 0 unspecified atom stereocenters. The second-order valence-corrected chi connectivity index (χ2v) is 7.54. The minimum atomic E-state index is -0.256. The number of thiophene rings is 1. The van der Waals surface area contributed by atoms with Gasteiger partial charge in [-0.3, -0.25) is 14.2 Å². The summed E-state index contributed by atoms with van der Waals surface area (Å²) in [6, 6.07) is 7.47. The second kappa shape index (κ2) is 6.57. The van der Waals surface area contributed by atoms with Gasteiger partial charge in [0.15, 0.2) is 0 Å². The molecule has 0 radical (unpaired) electrons. The van der Waals surface area contributed by atoms with Crippen molar-refractivity contribution in [2.75, 3.05) is 11.9 Å². The zero-order valence-electron chi connectivity index (χ0n) is 14.6. The Morgan fingerprint density at radius 1 is 1.35 bits per heavy atom. The van der Waals surface area contributed by atoms with E-state index in [2.05, 4.69) is 10.3 Å². The molecule has 1 fully saturated rings. The Bertz CT molecular complexity index is 1030. The Kier molecular flexibility index (Phi) is 4.24. The first kappa shape index (κ1) is 16.8. The average Bonchev–Trinajstić information content (AvgIpc) is 3.39. The minimum Gasteiger partial charge on any atom is -0.494 e. The maximum atomic E-state index is 12.8. The molecule has 1 aromatic carbocycles. The van der Waals surface area contributed by atoms with Crippen LogP contribution in [0.2, 0.25) is 0 Å². The molecule has 1 saturated carbocycles. The number of aryl methyl sites for hydroxylation is 1. The number of hydrogen-bond acceptors (Lipinski definition) is 5. The van der Waals surface area contributed by atoms with Gasteiger partial charge in [-0.05, 0) is 51.0 Å². The van der Waals surface area contributed by atoms with E-state index in [1.807, 2.05) is 26.0 Å². The van der Waals surface area contributed by atoms with Crippen LogP contribution >= 0.6 is 11.3 Å². The van der Waals surface area contributed by atoms with Crippen LogP contribution in [0.15, 0.2) is 35.4 Å². The first-order valence-corrected chi connectivity index (χ1v) is 9.44. The molecular formula is C19H19N3O3S. The first-order chi connectivity index (χ1) is 12.6. The maximum Gasteiger partial charge on any atom is 0.271 e. The van der Waals surface area contributed by atoms with Crippen molar-refractivity contribution in [3.05, 3.63) is 51.4 Å². The number of hydrogen-bond donors (Lipinski definition) is 1. The highest BCUT2D eigenvalue weighted by atomic mass is 32.1. The van der Waals surface area contributed by atoms with Crippen LogP contribution in [0.1, 0.15) is 41.0 Å². The summed E-state index contributed by atoms with van der Waals surface area (Å²) in [7, 11) is 0. The lowest BCUT2D eigenvalue weighted by atomic mass is 10.2. The fourth-order valence-electron chi connectivity index (χ4n) is 2.97. The number of rotatable bonds is 5. The van der Waals surface area contributed by atoms with Crippen molar-refractivity contribution in [3.8, 4) is 5.75 Å². The normalized spacial score (nSPS) is 13.8. The van der Waals surface area contributed by atoms with Gasteiger partial charge in [0.05, 0.1) is 18.5 Å². The minimum absolute atomic E-state index is 0.0503. The predicted molar refractivity (Wildman–Crippen MR) is 102 cm³/mol. The largest absolute Gasteiger partial charge is 0.494 e. The van der Waals surface area contributed by atoms with E-state index in [1.54, 1.807) is 23.0 Å². The smallest absolute Gasteiger partial charge is 0.271 e. The van der Waals surface area contributed by atoms with E-state index >= 15 is 0 Å². The molecule has 1 aliphatic rings. The van der Waals surface area contributed by atoms with E-state index < -0.39 is 0 Å². The molecule has 1 aliphatic carbocycles. The molecule has 26 heavy (non-hydrogen) atoms. The molecule has 2 aromatic heterocycles. The number of fused-ring (bicyclic) bond motifs is 1. The quantitative estimate of drug-likeness (QED) is 0.743. The second-order valence-electron chi connectivity index (χ2n) is 6.31. The molecule has 0 spiro atoms. The van der Waals surface area contributed by atoms with E-state index in [-0.39, 0.29) is 17.5 Å². The first-order valence-electron chi connectivity index (χ1n) is 8.63. The summed E-state index contributed by atoms with van der Waals surface area (Å²) in [6.07, 6.45) is 3.60. The van der Waals surface area contributed by atoms with Crippen LogP contribution in [0.3, 0.4) is 0 Å². The summed E-state index contributed by atoms with van der Waals surface area (Å²) in [5.41, 5.74) is 1.58. The topological polar surface area (TPSA) is 73.2 Å². The number of aromatic nitrogens is 2. The van der Waals surface area contributed by atoms with Crippen molar-refractivity contribution >= 4 is 33.1 Å². The highest BCUT2D eigenvalue weighted by molar-refractivity contribution is 7.19. The lowest BCUT2D eigenvalue weighted by Gasteiger charge is -2.07.